The number of hydrogen-bond donors (Lipinski definition) is 4. The van der Waals surface area contributed by atoms with Crippen LogP contribution in [0.4, 0.5) is 0 Å². The lowest BCUT2D eigenvalue weighted by atomic mass is 10.1. The molecule has 0 aliphatic carbocycles. The molecule has 0 aliphatic heterocycles. The molecule has 4 N–H and O–H groups in total. The first kappa shape index (κ1) is 12.1. The van der Waals surface area contributed by atoms with Crippen molar-refractivity contribution in [3.05, 3.63) is 35.9 Å². The third-order valence-corrected chi connectivity index (χ3v) is 2.20. The standard InChI is InChI=1S/C11H17NO3/c13-7-10(15)6-12-11(8-14)9-4-2-1-3-5-9/h1-5,10-15H,6-8H2/t10-,11?/m0/s1. The molecule has 1 rings (SSSR count). The van der Waals surface area contributed by atoms with Crippen LogP contribution in [0.3, 0.4) is 0 Å². The molecule has 2 atom stereocenters. The molecule has 0 heterocycles. The highest BCUT2D eigenvalue weighted by Gasteiger charge is 2.10. The van der Waals surface area contributed by atoms with Crippen LogP contribution in [0, 0.1) is 0 Å². The second-order valence-electron chi connectivity index (χ2n) is 3.39. The Morgan fingerprint density at radius 3 is 2.27 bits per heavy atom. The molecular weight excluding hydrogens is 194 g/mol. The molecule has 1 unspecified atom stereocenters. The quantitative estimate of drug-likeness (QED) is 0.519. The second-order valence-corrected chi connectivity index (χ2v) is 3.39. The normalized spacial score (nSPS) is 14.9. The lowest BCUT2D eigenvalue weighted by molar-refractivity contribution is 0.0888. The highest BCUT2D eigenvalue weighted by Crippen LogP contribution is 2.10. The predicted octanol–water partition coefficient (Wildman–Crippen LogP) is -0.337. The second kappa shape index (κ2) is 6.53. The molecule has 84 valence electrons. The Labute approximate surface area is 89.2 Å². The zero-order chi connectivity index (χ0) is 11.1. The number of aliphatic hydroxyl groups excluding tert-OH is 3. The minimum absolute atomic E-state index is 0.0395. The smallest absolute Gasteiger partial charge is 0.0895 e. The molecule has 0 fully saturated rings. The van der Waals surface area contributed by atoms with E-state index < -0.39 is 6.10 Å². The van der Waals surface area contributed by atoms with Crippen molar-refractivity contribution in [1.82, 2.24) is 5.32 Å². The van der Waals surface area contributed by atoms with E-state index in [9.17, 15) is 0 Å². The van der Waals surface area contributed by atoms with Crippen molar-refractivity contribution in [2.24, 2.45) is 0 Å². The summed E-state index contributed by atoms with van der Waals surface area (Å²) in [7, 11) is 0. The molecule has 15 heavy (non-hydrogen) atoms. The van der Waals surface area contributed by atoms with Crippen LogP contribution in [-0.4, -0.2) is 41.2 Å². The van der Waals surface area contributed by atoms with Crippen LogP contribution in [0.2, 0.25) is 0 Å². The van der Waals surface area contributed by atoms with Gasteiger partial charge in [-0.1, -0.05) is 30.3 Å². The Morgan fingerprint density at radius 1 is 1.07 bits per heavy atom. The van der Waals surface area contributed by atoms with Gasteiger partial charge in [0, 0.05) is 6.54 Å². The summed E-state index contributed by atoms with van der Waals surface area (Å²) in [6, 6.07) is 9.29. The minimum atomic E-state index is -0.789. The van der Waals surface area contributed by atoms with E-state index in [-0.39, 0.29) is 25.8 Å². The Hall–Kier alpha value is -0.940. The maximum Gasteiger partial charge on any atom is 0.0895 e. The van der Waals surface area contributed by atoms with E-state index in [0.29, 0.717) is 0 Å². The van der Waals surface area contributed by atoms with Crippen LogP contribution < -0.4 is 5.32 Å². The molecule has 4 heteroatoms. The minimum Gasteiger partial charge on any atom is -0.394 e. The van der Waals surface area contributed by atoms with Gasteiger partial charge in [-0.3, -0.25) is 0 Å². The van der Waals surface area contributed by atoms with E-state index in [0.717, 1.165) is 5.56 Å². The van der Waals surface area contributed by atoms with Crippen LogP contribution in [0.1, 0.15) is 11.6 Å². The topological polar surface area (TPSA) is 72.7 Å². The maximum absolute atomic E-state index is 9.16. The van der Waals surface area contributed by atoms with Crippen LogP contribution in [0.25, 0.3) is 0 Å². The third-order valence-electron chi connectivity index (χ3n) is 2.20. The first-order valence-corrected chi connectivity index (χ1v) is 4.96. The molecule has 0 saturated carbocycles. The highest BCUT2D eigenvalue weighted by molar-refractivity contribution is 5.18. The fraction of sp³-hybridized carbons (Fsp3) is 0.455. The average molecular weight is 211 g/mol. The van der Waals surface area contributed by atoms with Crippen molar-refractivity contribution < 1.29 is 15.3 Å². The predicted molar refractivity (Wildman–Crippen MR) is 57.4 cm³/mol. The van der Waals surface area contributed by atoms with Crippen LogP contribution in [0.15, 0.2) is 30.3 Å². The Morgan fingerprint density at radius 2 is 1.73 bits per heavy atom. The van der Waals surface area contributed by atoms with Gasteiger partial charge in [0.25, 0.3) is 0 Å². The zero-order valence-electron chi connectivity index (χ0n) is 8.50. The summed E-state index contributed by atoms with van der Waals surface area (Å²) in [6.07, 6.45) is -0.789. The molecule has 0 spiro atoms. The van der Waals surface area contributed by atoms with E-state index >= 15 is 0 Å². The first-order valence-electron chi connectivity index (χ1n) is 4.96. The largest absolute Gasteiger partial charge is 0.394 e. The zero-order valence-corrected chi connectivity index (χ0v) is 8.50. The molecule has 1 aromatic rings. The van der Waals surface area contributed by atoms with Crippen LogP contribution in [0.5, 0.6) is 0 Å². The molecule has 0 aromatic heterocycles. The summed E-state index contributed by atoms with van der Waals surface area (Å²) in [4.78, 5) is 0. The van der Waals surface area contributed by atoms with E-state index in [1.54, 1.807) is 0 Å². The molecular formula is C11H17NO3. The summed E-state index contributed by atoms with van der Waals surface area (Å²) in [5, 5.41) is 29.9. The highest BCUT2D eigenvalue weighted by atomic mass is 16.3. The van der Waals surface area contributed by atoms with Gasteiger partial charge in [-0.2, -0.15) is 0 Å². The summed E-state index contributed by atoms with van der Waals surface area (Å²) in [5.74, 6) is 0. The fourth-order valence-electron chi connectivity index (χ4n) is 1.32. The van der Waals surface area contributed by atoms with Crippen molar-refractivity contribution in [2.45, 2.75) is 12.1 Å². The lowest BCUT2D eigenvalue weighted by Crippen LogP contribution is -2.33. The van der Waals surface area contributed by atoms with Gasteiger partial charge >= 0.3 is 0 Å². The van der Waals surface area contributed by atoms with E-state index in [1.165, 1.54) is 0 Å². The molecule has 0 radical (unpaired) electrons. The maximum atomic E-state index is 9.16. The van der Waals surface area contributed by atoms with Gasteiger partial charge in [0.1, 0.15) is 0 Å². The van der Waals surface area contributed by atoms with Crippen molar-refractivity contribution in [3.63, 3.8) is 0 Å². The molecule has 0 bridgehead atoms. The summed E-state index contributed by atoms with van der Waals surface area (Å²) in [5.41, 5.74) is 0.963. The Balaban J connectivity index is 2.50. The molecule has 4 nitrogen and oxygen atoms in total. The summed E-state index contributed by atoms with van der Waals surface area (Å²) < 4.78 is 0. The van der Waals surface area contributed by atoms with Gasteiger partial charge in [0.2, 0.25) is 0 Å². The summed E-state index contributed by atoms with van der Waals surface area (Å²) >= 11 is 0. The lowest BCUT2D eigenvalue weighted by Gasteiger charge is -2.18. The Bertz CT molecular complexity index is 266. The van der Waals surface area contributed by atoms with Gasteiger partial charge in [-0.15, -0.1) is 0 Å². The summed E-state index contributed by atoms with van der Waals surface area (Å²) in [6.45, 7) is -0.0568. The fourth-order valence-corrected chi connectivity index (χ4v) is 1.32. The molecule has 0 aliphatic rings. The van der Waals surface area contributed by atoms with Crippen molar-refractivity contribution in [1.29, 1.82) is 0 Å². The number of benzene rings is 1. The SMILES string of the molecule is OCC(NC[C@H](O)CO)c1ccccc1. The van der Waals surface area contributed by atoms with Gasteiger partial charge in [-0.05, 0) is 5.56 Å². The van der Waals surface area contributed by atoms with Gasteiger partial charge in [-0.25, -0.2) is 0 Å². The molecule has 1 aromatic carbocycles. The van der Waals surface area contributed by atoms with Gasteiger partial charge in [0.15, 0.2) is 0 Å². The van der Waals surface area contributed by atoms with Crippen LogP contribution in [-0.2, 0) is 0 Å². The number of nitrogens with one attached hydrogen (secondary N) is 1. The van der Waals surface area contributed by atoms with Crippen molar-refractivity contribution >= 4 is 0 Å². The van der Waals surface area contributed by atoms with E-state index in [1.807, 2.05) is 30.3 Å². The number of aliphatic hydroxyl groups is 3. The van der Waals surface area contributed by atoms with Gasteiger partial charge < -0.3 is 20.6 Å². The van der Waals surface area contributed by atoms with Crippen molar-refractivity contribution in [3.8, 4) is 0 Å². The third kappa shape index (κ3) is 3.97. The van der Waals surface area contributed by atoms with Crippen LogP contribution >= 0.6 is 0 Å². The Kier molecular flexibility index (Phi) is 5.28. The monoisotopic (exact) mass is 211 g/mol. The number of hydrogen-bond acceptors (Lipinski definition) is 4. The number of rotatable bonds is 6. The first-order chi connectivity index (χ1) is 7.27. The van der Waals surface area contributed by atoms with E-state index in [4.69, 9.17) is 15.3 Å². The van der Waals surface area contributed by atoms with Crippen molar-refractivity contribution in [2.75, 3.05) is 19.8 Å². The van der Waals surface area contributed by atoms with Gasteiger partial charge in [0.05, 0.1) is 25.4 Å². The molecule has 0 amide bonds. The molecule has 0 saturated heterocycles. The van der Waals surface area contributed by atoms with E-state index in [2.05, 4.69) is 5.32 Å². The average Bonchev–Trinajstić information content (AvgIpc) is 2.31.